The minimum Gasteiger partial charge on any atom is -0.272 e. The first-order chi connectivity index (χ1) is 11.3. The highest BCUT2D eigenvalue weighted by atomic mass is 79.9. The van der Waals surface area contributed by atoms with E-state index in [1.807, 2.05) is 0 Å². The molecule has 128 valence electrons. The van der Waals surface area contributed by atoms with E-state index >= 15 is 0 Å². The first-order valence-corrected chi connectivity index (χ1v) is 9.80. The fourth-order valence-electron chi connectivity index (χ4n) is 3.04. The van der Waals surface area contributed by atoms with Crippen LogP contribution in [0.15, 0.2) is 18.2 Å². The van der Waals surface area contributed by atoms with E-state index < -0.39 is 17.7 Å². The molecule has 3 rings (SSSR count). The SMILES string of the molecule is O=C(NN1C(=O)[C@@H]2C[C@H](Br)[C@@H](Br)C[C@H]2C1=O)c1ccc(Cl)cc1Cl. The number of benzene rings is 1. The van der Waals surface area contributed by atoms with Crippen molar-refractivity contribution in [1.29, 1.82) is 0 Å². The number of hydrogen-bond acceptors (Lipinski definition) is 3. The number of hydrazine groups is 1. The predicted octanol–water partition coefficient (Wildman–Crippen LogP) is 3.56. The number of alkyl halides is 2. The third-order valence-corrected chi connectivity index (χ3v) is 7.58. The summed E-state index contributed by atoms with van der Waals surface area (Å²) < 4.78 is 0. The average molecular weight is 499 g/mol. The first-order valence-electron chi connectivity index (χ1n) is 7.21. The van der Waals surface area contributed by atoms with Crippen LogP contribution >= 0.6 is 55.1 Å². The molecule has 0 radical (unpaired) electrons. The molecular formula is C15H12Br2Cl2N2O3. The van der Waals surface area contributed by atoms with E-state index in [9.17, 15) is 14.4 Å². The number of halogens is 4. The van der Waals surface area contributed by atoms with Crippen LogP contribution in [0.3, 0.4) is 0 Å². The van der Waals surface area contributed by atoms with Gasteiger partial charge < -0.3 is 0 Å². The Morgan fingerprint density at radius 2 is 1.62 bits per heavy atom. The monoisotopic (exact) mass is 496 g/mol. The fourth-order valence-corrected chi connectivity index (χ4v) is 4.77. The van der Waals surface area contributed by atoms with Gasteiger partial charge in [-0.1, -0.05) is 55.1 Å². The quantitative estimate of drug-likeness (QED) is 0.501. The Bertz CT molecular complexity index is 703. The molecule has 1 aliphatic heterocycles. The van der Waals surface area contributed by atoms with E-state index in [1.165, 1.54) is 18.2 Å². The zero-order chi connectivity index (χ0) is 17.6. The van der Waals surface area contributed by atoms with Crippen LogP contribution in [-0.4, -0.2) is 32.4 Å². The second-order valence-electron chi connectivity index (χ2n) is 5.79. The summed E-state index contributed by atoms with van der Waals surface area (Å²) in [5.74, 6) is -2.23. The Kier molecular flexibility index (Phi) is 5.25. The van der Waals surface area contributed by atoms with Crippen LogP contribution < -0.4 is 5.43 Å². The maximum absolute atomic E-state index is 12.5. The summed E-state index contributed by atoms with van der Waals surface area (Å²) in [7, 11) is 0. The molecule has 4 atom stereocenters. The van der Waals surface area contributed by atoms with E-state index in [2.05, 4.69) is 37.3 Å². The van der Waals surface area contributed by atoms with Gasteiger partial charge in [-0.05, 0) is 31.0 Å². The van der Waals surface area contributed by atoms with Crippen molar-refractivity contribution in [2.45, 2.75) is 22.5 Å². The molecule has 0 bridgehead atoms. The maximum atomic E-state index is 12.5. The van der Waals surface area contributed by atoms with Crippen molar-refractivity contribution in [2.75, 3.05) is 0 Å². The van der Waals surface area contributed by atoms with Gasteiger partial charge in [-0.15, -0.1) is 0 Å². The van der Waals surface area contributed by atoms with E-state index in [-0.39, 0.29) is 32.1 Å². The van der Waals surface area contributed by atoms with Crippen LogP contribution in [0, 0.1) is 11.8 Å². The summed E-state index contributed by atoms with van der Waals surface area (Å²) >= 11 is 18.8. The molecule has 1 N–H and O–H groups in total. The van der Waals surface area contributed by atoms with Gasteiger partial charge in [-0.25, -0.2) is 0 Å². The third-order valence-electron chi connectivity index (χ3n) is 4.30. The number of imide groups is 1. The molecule has 2 aliphatic rings. The summed E-state index contributed by atoms with van der Waals surface area (Å²) in [5.41, 5.74) is 2.52. The van der Waals surface area contributed by atoms with E-state index in [4.69, 9.17) is 23.2 Å². The zero-order valence-corrected chi connectivity index (χ0v) is 16.8. The normalized spacial score (nSPS) is 29.6. The molecule has 0 spiro atoms. The molecule has 1 aromatic carbocycles. The van der Waals surface area contributed by atoms with Crippen molar-refractivity contribution < 1.29 is 14.4 Å². The minimum absolute atomic E-state index is 0.108. The van der Waals surface area contributed by atoms with Gasteiger partial charge in [0.1, 0.15) is 0 Å². The number of carbonyl (C=O) groups excluding carboxylic acids is 3. The molecule has 1 aromatic rings. The fraction of sp³-hybridized carbons (Fsp3) is 0.400. The number of hydrogen-bond donors (Lipinski definition) is 1. The number of carbonyl (C=O) groups is 3. The maximum Gasteiger partial charge on any atom is 0.271 e. The second-order valence-corrected chi connectivity index (χ2v) is 8.99. The average Bonchev–Trinajstić information content (AvgIpc) is 2.73. The van der Waals surface area contributed by atoms with Crippen LogP contribution in [0.1, 0.15) is 23.2 Å². The number of nitrogens with zero attached hydrogens (tertiary/aromatic N) is 1. The molecule has 9 heteroatoms. The highest BCUT2D eigenvalue weighted by Crippen LogP contribution is 2.42. The Hall–Kier alpha value is -0.630. The molecule has 24 heavy (non-hydrogen) atoms. The van der Waals surface area contributed by atoms with Crippen molar-refractivity contribution in [3.8, 4) is 0 Å². The van der Waals surface area contributed by atoms with Crippen LogP contribution in [0.4, 0.5) is 0 Å². The van der Waals surface area contributed by atoms with Crippen molar-refractivity contribution in [1.82, 2.24) is 10.4 Å². The van der Waals surface area contributed by atoms with Gasteiger partial charge in [-0.3, -0.25) is 19.8 Å². The number of fused-ring (bicyclic) bond motifs is 1. The van der Waals surface area contributed by atoms with Crippen molar-refractivity contribution in [3.05, 3.63) is 33.8 Å². The predicted molar refractivity (Wildman–Crippen MR) is 97.4 cm³/mol. The smallest absolute Gasteiger partial charge is 0.271 e. The van der Waals surface area contributed by atoms with Crippen molar-refractivity contribution >= 4 is 72.8 Å². The van der Waals surface area contributed by atoms with Crippen molar-refractivity contribution in [2.24, 2.45) is 11.8 Å². The van der Waals surface area contributed by atoms with E-state index in [1.54, 1.807) is 0 Å². The largest absolute Gasteiger partial charge is 0.272 e. The lowest BCUT2D eigenvalue weighted by atomic mass is 9.81. The summed E-state index contributed by atoms with van der Waals surface area (Å²) in [6, 6.07) is 4.39. The van der Waals surface area contributed by atoms with Gasteiger partial charge in [0.15, 0.2) is 0 Å². The number of rotatable bonds is 2. The van der Waals surface area contributed by atoms with Gasteiger partial charge in [0.2, 0.25) is 0 Å². The summed E-state index contributed by atoms with van der Waals surface area (Å²) in [6.45, 7) is 0. The van der Waals surface area contributed by atoms with Crippen LogP contribution in [0.5, 0.6) is 0 Å². The Morgan fingerprint density at radius 3 is 2.12 bits per heavy atom. The molecule has 0 unspecified atom stereocenters. The minimum atomic E-state index is -0.622. The highest BCUT2D eigenvalue weighted by molar-refractivity contribution is 9.12. The van der Waals surface area contributed by atoms with Gasteiger partial charge >= 0.3 is 0 Å². The summed E-state index contributed by atoms with van der Waals surface area (Å²) in [5, 5.41) is 1.37. The molecule has 1 saturated heterocycles. The lowest BCUT2D eigenvalue weighted by Crippen LogP contribution is -2.46. The molecular weight excluding hydrogens is 487 g/mol. The van der Waals surface area contributed by atoms with E-state index in [0.717, 1.165) is 5.01 Å². The Labute approximate surface area is 165 Å². The van der Waals surface area contributed by atoms with Gasteiger partial charge in [-0.2, -0.15) is 5.01 Å². The lowest BCUT2D eigenvalue weighted by Gasteiger charge is -2.29. The molecule has 1 heterocycles. The Balaban J connectivity index is 1.79. The second kappa shape index (κ2) is 6.94. The zero-order valence-electron chi connectivity index (χ0n) is 12.1. The molecule has 2 fully saturated rings. The van der Waals surface area contributed by atoms with Crippen molar-refractivity contribution in [3.63, 3.8) is 0 Å². The third kappa shape index (κ3) is 3.23. The molecule has 5 nitrogen and oxygen atoms in total. The van der Waals surface area contributed by atoms with Crippen LogP contribution in [0.2, 0.25) is 10.0 Å². The lowest BCUT2D eigenvalue weighted by molar-refractivity contribution is -0.142. The van der Waals surface area contributed by atoms with Crippen LogP contribution in [0.25, 0.3) is 0 Å². The van der Waals surface area contributed by atoms with Crippen LogP contribution in [-0.2, 0) is 9.59 Å². The Morgan fingerprint density at radius 1 is 1.08 bits per heavy atom. The highest BCUT2D eigenvalue weighted by Gasteiger charge is 2.52. The topological polar surface area (TPSA) is 66.5 Å². The standard InChI is InChI=1S/C15H12Br2Cl2N2O3/c16-10-4-8-9(5-11(10)17)15(24)21(14(8)23)20-13(22)7-2-1-6(18)3-12(7)19/h1-3,8-11H,4-5H2,(H,20,22)/t8-,9-,10+,11+/m1/s1. The molecule has 0 aromatic heterocycles. The first kappa shape index (κ1) is 18.2. The summed E-state index contributed by atoms with van der Waals surface area (Å²) in [4.78, 5) is 37.6. The molecule has 1 saturated carbocycles. The number of amides is 3. The van der Waals surface area contributed by atoms with Gasteiger partial charge in [0.25, 0.3) is 17.7 Å². The van der Waals surface area contributed by atoms with E-state index in [0.29, 0.717) is 17.9 Å². The number of nitrogens with one attached hydrogen (secondary N) is 1. The van der Waals surface area contributed by atoms with Gasteiger partial charge in [0.05, 0.1) is 22.4 Å². The molecule has 1 aliphatic carbocycles. The molecule has 3 amide bonds. The summed E-state index contributed by atoms with van der Waals surface area (Å²) in [6.07, 6.45) is 1.08. The van der Waals surface area contributed by atoms with Gasteiger partial charge in [0, 0.05) is 14.7 Å².